The molecule has 7 nitrogen and oxygen atoms in total. The van der Waals surface area contributed by atoms with E-state index < -0.39 is 28.1 Å². The van der Waals surface area contributed by atoms with Gasteiger partial charge in [-0.25, -0.2) is 13.2 Å². The molecule has 2 atom stereocenters. The molecule has 0 unspecified atom stereocenters. The smallest absolute Gasteiger partial charge is 0.331 e. The molecule has 1 aliphatic rings. The Kier molecular flexibility index (Phi) is 5.83. The van der Waals surface area contributed by atoms with Gasteiger partial charge in [0, 0.05) is 11.1 Å². The summed E-state index contributed by atoms with van der Waals surface area (Å²) in [6.45, 7) is 5.01. The summed E-state index contributed by atoms with van der Waals surface area (Å²) < 4.78 is 31.9. The number of esters is 1. The lowest BCUT2D eigenvalue weighted by atomic mass is 10.0. The second-order valence-electron chi connectivity index (χ2n) is 6.75. The molecular formula is C21H22N2O5S. The molecule has 0 spiro atoms. The molecule has 0 radical (unpaired) electrons. The van der Waals surface area contributed by atoms with Gasteiger partial charge < -0.3 is 4.74 Å². The summed E-state index contributed by atoms with van der Waals surface area (Å²) in [5, 5.41) is 0. The molecule has 1 N–H and O–H groups in total. The van der Waals surface area contributed by atoms with Crippen molar-refractivity contribution < 1.29 is 22.7 Å². The molecule has 0 aliphatic carbocycles. The average molecular weight is 414 g/mol. The standard InChI is InChI=1S/C21H22N2O5S/c1-4-15-9-11-16(12-10-15)19(24)14(3)28-21(25)13(2)22-20-17-7-5-6-8-18(17)29(26,27)23-20/h5-14H,4H2,1-3H3,(H,22,23)/t13-,14+/m0/s1. The second kappa shape index (κ2) is 8.16. The van der Waals surface area contributed by atoms with E-state index in [1.165, 1.54) is 19.9 Å². The zero-order valence-electron chi connectivity index (χ0n) is 16.4. The van der Waals surface area contributed by atoms with E-state index in [2.05, 4.69) is 9.71 Å². The Morgan fingerprint density at radius 3 is 2.38 bits per heavy atom. The maximum absolute atomic E-state index is 12.5. The molecule has 0 fully saturated rings. The van der Waals surface area contributed by atoms with Gasteiger partial charge in [-0.15, -0.1) is 0 Å². The van der Waals surface area contributed by atoms with E-state index >= 15 is 0 Å². The van der Waals surface area contributed by atoms with Crippen LogP contribution in [-0.4, -0.2) is 38.2 Å². The number of rotatable bonds is 6. The van der Waals surface area contributed by atoms with Gasteiger partial charge in [-0.1, -0.05) is 43.3 Å². The van der Waals surface area contributed by atoms with Crippen molar-refractivity contribution in [3.05, 3.63) is 65.2 Å². The SMILES string of the molecule is CCc1ccc(C(=O)[C@@H](C)OC(=O)[C@H](C)N=C2NS(=O)(=O)c3ccccc32)cc1. The van der Waals surface area contributed by atoms with Gasteiger partial charge in [-0.2, -0.15) is 0 Å². The zero-order chi connectivity index (χ0) is 21.2. The third kappa shape index (κ3) is 4.37. The van der Waals surface area contributed by atoms with Gasteiger partial charge >= 0.3 is 5.97 Å². The average Bonchev–Trinajstić information content (AvgIpc) is 2.97. The van der Waals surface area contributed by atoms with E-state index in [0.29, 0.717) is 11.1 Å². The van der Waals surface area contributed by atoms with Crippen molar-refractivity contribution in [2.75, 3.05) is 0 Å². The topological polar surface area (TPSA) is 102 Å². The van der Waals surface area contributed by atoms with E-state index in [4.69, 9.17) is 4.74 Å². The van der Waals surface area contributed by atoms with Gasteiger partial charge in [0.25, 0.3) is 10.0 Å². The minimum absolute atomic E-state index is 0.0826. The molecule has 0 saturated heterocycles. The monoisotopic (exact) mass is 414 g/mol. The molecule has 0 amide bonds. The molecule has 1 heterocycles. The predicted octanol–water partition coefficient (Wildman–Crippen LogP) is 2.49. The van der Waals surface area contributed by atoms with Crippen molar-refractivity contribution in [3.8, 4) is 0 Å². The van der Waals surface area contributed by atoms with Crippen molar-refractivity contribution in [2.45, 2.75) is 44.2 Å². The molecular weight excluding hydrogens is 392 g/mol. The van der Waals surface area contributed by atoms with Crippen LogP contribution in [-0.2, 0) is 26.0 Å². The largest absolute Gasteiger partial charge is 0.453 e. The minimum atomic E-state index is -3.69. The Bertz CT molecular complexity index is 1070. The molecule has 0 bridgehead atoms. The Hall–Kier alpha value is -3.00. The van der Waals surface area contributed by atoms with Crippen LogP contribution in [0.2, 0.25) is 0 Å². The maximum atomic E-state index is 12.5. The number of ether oxygens (including phenoxy) is 1. The Balaban J connectivity index is 1.70. The first kappa shape index (κ1) is 20.7. The van der Waals surface area contributed by atoms with Gasteiger partial charge in [0.2, 0.25) is 5.78 Å². The number of hydrogen-bond donors (Lipinski definition) is 1. The summed E-state index contributed by atoms with van der Waals surface area (Å²) in [5.74, 6) is -0.945. The van der Waals surface area contributed by atoms with Crippen LogP contribution >= 0.6 is 0 Å². The van der Waals surface area contributed by atoms with Gasteiger partial charge in [-0.05, 0) is 38.0 Å². The van der Waals surface area contributed by atoms with Crippen LogP contribution in [0.15, 0.2) is 58.4 Å². The lowest BCUT2D eigenvalue weighted by Gasteiger charge is -2.15. The number of amidine groups is 1. The van der Waals surface area contributed by atoms with Crippen LogP contribution in [0.5, 0.6) is 0 Å². The number of ketones is 1. The first-order chi connectivity index (χ1) is 13.7. The van der Waals surface area contributed by atoms with E-state index in [1.54, 1.807) is 30.3 Å². The summed E-state index contributed by atoms with van der Waals surface area (Å²) in [7, 11) is -3.69. The molecule has 2 aromatic rings. The number of nitrogens with zero attached hydrogens (tertiary/aromatic N) is 1. The number of nitrogens with one attached hydrogen (secondary N) is 1. The Morgan fingerprint density at radius 2 is 1.72 bits per heavy atom. The summed E-state index contributed by atoms with van der Waals surface area (Å²) >= 11 is 0. The highest BCUT2D eigenvalue weighted by molar-refractivity contribution is 7.90. The summed E-state index contributed by atoms with van der Waals surface area (Å²) in [4.78, 5) is 29.2. The Morgan fingerprint density at radius 1 is 1.07 bits per heavy atom. The summed E-state index contributed by atoms with van der Waals surface area (Å²) in [6, 6.07) is 12.5. The fourth-order valence-electron chi connectivity index (χ4n) is 2.94. The van der Waals surface area contributed by atoms with E-state index in [1.807, 2.05) is 19.1 Å². The molecule has 0 aromatic heterocycles. The quantitative estimate of drug-likeness (QED) is 0.578. The number of carbonyl (C=O) groups is 2. The third-order valence-electron chi connectivity index (χ3n) is 4.64. The minimum Gasteiger partial charge on any atom is -0.453 e. The number of Topliss-reactive ketones (excluding diaryl/α,β-unsaturated/α-hetero) is 1. The molecule has 1 aliphatic heterocycles. The van der Waals surface area contributed by atoms with E-state index in [-0.39, 0.29) is 16.5 Å². The lowest BCUT2D eigenvalue weighted by Crippen LogP contribution is -2.31. The maximum Gasteiger partial charge on any atom is 0.331 e. The van der Waals surface area contributed by atoms with Crippen LogP contribution in [0, 0.1) is 0 Å². The number of aliphatic imine (C=N–C) groups is 1. The molecule has 0 saturated carbocycles. The van der Waals surface area contributed by atoms with Gasteiger partial charge in [0.05, 0.1) is 4.90 Å². The summed E-state index contributed by atoms with van der Waals surface area (Å²) in [6.07, 6.45) is -0.116. The molecule has 29 heavy (non-hydrogen) atoms. The lowest BCUT2D eigenvalue weighted by molar-refractivity contribution is -0.147. The van der Waals surface area contributed by atoms with Crippen molar-refractivity contribution >= 4 is 27.6 Å². The highest BCUT2D eigenvalue weighted by atomic mass is 32.2. The number of sulfonamides is 1. The van der Waals surface area contributed by atoms with Gasteiger partial charge in [-0.3, -0.25) is 14.5 Å². The second-order valence-corrected chi connectivity index (χ2v) is 8.40. The van der Waals surface area contributed by atoms with E-state index in [9.17, 15) is 18.0 Å². The van der Waals surface area contributed by atoms with Gasteiger partial charge in [0.15, 0.2) is 6.10 Å². The highest BCUT2D eigenvalue weighted by Crippen LogP contribution is 2.22. The van der Waals surface area contributed by atoms with Crippen molar-refractivity contribution in [2.24, 2.45) is 4.99 Å². The number of hydrogen-bond acceptors (Lipinski definition) is 6. The van der Waals surface area contributed by atoms with Crippen LogP contribution < -0.4 is 4.72 Å². The number of aryl methyl sites for hydroxylation is 1. The van der Waals surface area contributed by atoms with Crippen LogP contribution in [0.1, 0.15) is 42.3 Å². The molecule has 8 heteroatoms. The van der Waals surface area contributed by atoms with Crippen LogP contribution in [0.4, 0.5) is 0 Å². The molecule has 3 rings (SSSR count). The fourth-order valence-corrected chi connectivity index (χ4v) is 4.18. The highest BCUT2D eigenvalue weighted by Gasteiger charge is 2.31. The van der Waals surface area contributed by atoms with Gasteiger partial charge in [0.1, 0.15) is 11.9 Å². The predicted molar refractivity (Wildman–Crippen MR) is 108 cm³/mol. The van der Waals surface area contributed by atoms with Crippen LogP contribution in [0.3, 0.4) is 0 Å². The van der Waals surface area contributed by atoms with E-state index in [0.717, 1.165) is 12.0 Å². The normalized spacial score (nSPS) is 17.8. The fraction of sp³-hybridized carbons (Fsp3) is 0.286. The van der Waals surface area contributed by atoms with Crippen molar-refractivity contribution in [3.63, 3.8) is 0 Å². The first-order valence-electron chi connectivity index (χ1n) is 9.26. The molecule has 2 aromatic carbocycles. The molecule has 152 valence electrons. The van der Waals surface area contributed by atoms with Crippen molar-refractivity contribution in [1.29, 1.82) is 0 Å². The Labute approximate surface area is 169 Å². The van der Waals surface area contributed by atoms with Crippen LogP contribution in [0.25, 0.3) is 0 Å². The zero-order valence-corrected chi connectivity index (χ0v) is 17.2. The summed E-state index contributed by atoms with van der Waals surface area (Å²) in [5.41, 5.74) is 1.96. The first-order valence-corrected chi connectivity index (χ1v) is 10.7. The number of benzene rings is 2. The third-order valence-corrected chi connectivity index (χ3v) is 6.03. The van der Waals surface area contributed by atoms with Crippen molar-refractivity contribution in [1.82, 2.24) is 4.72 Å². The number of carbonyl (C=O) groups excluding carboxylic acids is 2. The number of fused-ring (bicyclic) bond motifs is 1.